The van der Waals surface area contributed by atoms with Crippen molar-refractivity contribution in [1.29, 1.82) is 0 Å². The highest BCUT2D eigenvalue weighted by molar-refractivity contribution is 5.78. The van der Waals surface area contributed by atoms with E-state index in [0.717, 1.165) is 45.1 Å². The van der Waals surface area contributed by atoms with Gasteiger partial charge < -0.3 is 16.2 Å². The monoisotopic (exact) mass is 270 g/mol. The standard InChI is InChI=1S/C15H30N2O2/c1-15(2,8-3-9-18)11-17-14(19)13-6-4-12(10-16)5-7-13/h12-13,18H,3-11,16H2,1-2H3,(H,17,19). The fourth-order valence-electron chi connectivity index (χ4n) is 2.78. The van der Waals surface area contributed by atoms with Gasteiger partial charge >= 0.3 is 0 Å². The molecule has 1 aliphatic carbocycles. The second-order valence-corrected chi connectivity index (χ2v) is 6.66. The van der Waals surface area contributed by atoms with Gasteiger partial charge in [-0.15, -0.1) is 0 Å². The highest BCUT2D eigenvalue weighted by Crippen LogP contribution is 2.28. The highest BCUT2D eigenvalue weighted by atomic mass is 16.2. The number of aliphatic hydroxyl groups excluding tert-OH is 1. The van der Waals surface area contributed by atoms with Crippen LogP contribution >= 0.6 is 0 Å². The lowest BCUT2D eigenvalue weighted by atomic mass is 9.81. The normalized spacial score (nSPS) is 24.2. The number of carbonyl (C=O) groups is 1. The van der Waals surface area contributed by atoms with Crippen molar-refractivity contribution in [3.63, 3.8) is 0 Å². The van der Waals surface area contributed by atoms with Crippen LogP contribution in [-0.4, -0.2) is 30.7 Å². The predicted molar refractivity (Wildman–Crippen MR) is 77.6 cm³/mol. The highest BCUT2D eigenvalue weighted by Gasteiger charge is 2.27. The maximum absolute atomic E-state index is 12.1. The summed E-state index contributed by atoms with van der Waals surface area (Å²) in [6.45, 7) is 5.94. The van der Waals surface area contributed by atoms with E-state index < -0.39 is 0 Å². The summed E-state index contributed by atoms with van der Waals surface area (Å²) in [7, 11) is 0. The Morgan fingerprint density at radius 3 is 2.47 bits per heavy atom. The lowest BCUT2D eigenvalue weighted by Crippen LogP contribution is -2.39. The van der Waals surface area contributed by atoms with Crippen LogP contribution in [0.4, 0.5) is 0 Å². The van der Waals surface area contributed by atoms with Crippen molar-refractivity contribution < 1.29 is 9.90 Å². The van der Waals surface area contributed by atoms with Gasteiger partial charge in [-0.25, -0.2) is 0 Å². The molecule has 0 spiro atoms. The molecule has 4 nitrogen and oxygen atoms in total. The SMILES string of the molecule is CC(C)(CCCO)CNC(=O)C1CCC(CN)CC1. The average Bonchev–Trinajstić information content (AvgIpc) is 2.43. The van der Waals surface area contributed by atoms with Crippen LogP contribution in [0.2, 0.25) is 0 Å². The van der Waals surface area contributed by atoms with Gasteiger partial charge in [-0.2, -0.15) is 0 Å². The Labute approximate surface area is 117 Å². The van der Waals surface area contributed by atoms with Gasteiger partial charge in [0.05, 0.1) is 0 Å². The zero-order valence-corrected chi connectivity index (χ0v) is 12.5. The number of aliphatic hydroxyl groups is 1. The first-order valence-electron chi connectivity index (χ1n) is 7.57. The molecule has 1 saturated carbocycles. The Bertz CT molecular complexity index is 271. The molecule has 0 heterocycles. The van der Waals surface area contributed by atoms with E-state index in [0.29, 0.717) is 12.5 Å². The Morgan fingerprint density at radius 2 is 1.95 bits per heavy atom. The van der Waals surface area contributed by atoms with Gasteiger partial charge in [0.2, 0.25) is 5.91 Å². The quantitative estimate of drug-likeness (QED) is 0.658. The van der Waals surface area contributed by atoms with Crippen LogP contribution in [0, 0.1) is 17.3 Å². The van der Waals surface area contributed by atoms with Gasteiger partial charge in [-0.05, 0) is 56.4 Å². The number of rotatable bonds is 7. The van der Waals surface area contributed by atoms with Gasteiger partial charge in [0, 0.05) is 19.1 Å². The Morgan fingerprint density at radius 1 is 1.32 bits per heavy atom. The molecular formula is C15H30N2O2. The summed E-state index contributed by atoms with van der Waals surface area (Å²) in [5.41, 5.74) is 5.73. The lowest BCUT2D eigenvalue weighted by molar-refractivity contribution is -0.126. The first kappa shape index (κ1) is 16.4. The smallest absolute Gasteiger partial charge is 0.223 e. The van der Waals surface area contributed by atoms with E-state index in [1.54, 1.807) is 0 Å². The van der Waals surface area contributed by atoms with Crippen LogP contribution in [0.5, 0.6) is 0 Å². The van der Waals surface area contributed by atoms with Crippen molar-refractivity contribution in [2.45, 2.75) is 52.4 Å². The maximum Gasteiger partial charge on any atom is 0.223 e. The van der Waals surface area contributed by atoms with Gasteiger partial charge in [-0.3, -0.25) is 4.79 Å². The van der Waals surface area contributed by atoms with Crippen molar-refractivity contribution in [1.82, 2.24) is 5.32 Å². The van der Waals surface area contributed by atoms with Crippen LogP contribution in [0.15, 0.2) is 0 Å². The Kier molecular flexibility index (Phi) is 6.80. The fraction of sp³-hybridized carbons (Fsp3) is 0.933. The predicted octanol–water partition coefficient (Wildman–Crippen LogP) is 1.67. The second-order valence-electron chi connectivity index (χ2n) is 6.66. The summed E-state index contributed by atoms with van der Waals surface area (Å²) >= 11 is 0. The summed E-state index contributed by atoms with van der Waals surface area (Å²) in [6.07, 6.45) is 5.86. The van der Waals surface area contributed by atoms with E-state index in [1.165, 1.54) is 0 Å². The van der Waals surface area contributed by atoms with Crippen molar-refractivity contribution in [2.24, 2.45) is 23.0 Å². The van der Waals surface area contributed by atoms with Crippen LogP contribution in [-0.2, 0) is 4.79 Å². The van der Waals surface area contributed by atoms with Gasteiger partial charge in [0.1, 0.15) is 0 Å². The van der Waals surface area contributed by atoms with E-state index in [4.69, 9.17) is 10.8 Å². The van der Waals surface area contributed by atoms with Crippen LogP contribution in [0.25, 0.3) is 0 Å². The fourth-order valence-corrected chi connectivity index (χ4v) is 2.78. The lowest BCUT2D eigenvalue weighted by Gasteiger charge is -2.29. The molecule has 0 atom stereocenters. The largest absolute Gasteiger partial charge is 0.396 e. The number of nitrogens with one attached hydrogen (secondary N) is 1. The third-order valence-electron chi connectivity index (χ3n) is 4.30. The number of nitrogens with two attached hydrogens (primary N) is 1. The topological polar surface area (TPSA) is 75.3 Å². The van der Waals surface area contributed by atoms with Crippen LogP contribution in [0.1, 0.15) is 52.4 Å². The van der Waals surface area contributed by atoms with E-state index >= 15 is 0 Å². The van der Waals surface area contributed by atoms with E-state index in [2.05, 4.69) is 19.2 Å². The minimum absolute atomic E-state index is 0.0624. The molecule has 0 aromatic carbocycles. The third kappa shape index (κ3) is 5.91. The summed E-state index contributed by atoms with van der Waals surface area (Å²) in [5.74, 6) is 0.994. The number of carbonyl (C=O) groups excluding carboxylic acids is 1. The summed E-state index contributed by atoms with van der Waals surface area (Å²) in [4.78, 5) is 12.1. The zero-order valence-electron chi connectivity index (χ0n) is 12.5. The first-order valence-corrected chi connectivity index (χ1v) is 7.57. The number of amides is 1. The molecule has 4 heteroatoms. The molecule has 0 aromatic heterocycles. The molecule has 0 saturated heterocycles. The number of hydrogen-bond acceptors (Lipinski definition) is 3. The number of hydrogen-bond donors (Lipinski definition) is 3. The van der Waals surface area contributed by atoms with Crippen LogP contribution in [0.3, 0.4) is 0 Å². The molecule has 1 fully saturated rings. The van der Waals surface area contributed by atoms with Crippen molar-refractivity contribution in [3.8, 4) is 0 Å². The van der Waals surface area contributed by atoms with E-state index in [-0.39, 0.29) is 23.8 Å². The van der Waals surface area contributed by atoms with E-state index in [9.17, 15) is 4.79 Å². The molecule has 1 aliphatic rings. The minimum Gasteiger partial charge on any atom is -0.396 e. The van der Waals surface area contributed by atoms with Gasteiger partial charge in [0.25, 0.3) is 0 Å². The minimum atomic E-state index is 0.0624. The van der Waals surface area contributed by atoms with Gasteiger partial charge in [-0.1, -0.05) is 13.8 Å². The van der Waals surface area contributed by atoms with Gasteiger partial charge in [0.15, 0.2) is 0 Å². The summed E-state index contributed by atoms with van der Waals surface area (Å²) in [5, 5.41) is 11.9. The zero-order chi connectivity index (χ0) is 14.3. The van der Waals surface area contributed by atoms with Crippen molar-refractivity contribution in [2.75, 3.05) is 19.7 Å². The summed E-state index contributed by atoms with van der Waals surface area (Å²) in [6, 6.07) is 0. The second kappa shape index (κ2) is 7.85. The van der Waals surface area contributed by atoms with Crippen molar-refractivity contribution in [3.05, 3.63) is 0 Å². The molecule has 1 rings (SSSR count). The molecule has 0 aromatic rings. The molecule has 0 aliphatic heterocycles. The molecule has 0 radical (unpaired) electrons. The molecule has 0 bridgehead atoms. The van der Waals surface area contributed by atoms with Crippen molar-refractivity contribution >= 4 is 5.91 Å². The molecular weight excluding hydrogens is 240 g/mol. The Balaban J connectivity index is 2.27. The van der Waals surface area contributed by atoms with Crippen LogP contribution < -0.4 is 11.1 Å². The molecule has 0 unspecified atom stereocenters. The maximum atomic E-state index is 12.1. The molecule has 112 valence electrons. The van der Waals surface area contributed by atoms with E-state index in [1.807, 2.05) is 0 Å². The average molecular weight is 270 g/mol. The Hall–Kier alpha value is -0.610. The first-order chi connectivity index (χ1) is 8.98. The molecule has 4 N–H and O–H groups in total. The summed E-state index contributed by atoms with van der Waals surface area (Å²) < 4.78 is 0. The third-order valence-corrected chi connectivity index (χ3v) is 4.30. The molecule has 19 heavy (non-hydrogen) atoms. The molecule has 1 amide bonds.